The minimum Gasteiger partial charge on any atom is -0.469 e. The van der Waals surface area contributed by atoms with Gasteiger partial charge in [0.2, 0.25) is 0 Å². The number of esters is 1. The van der Waals surface area contributed by atoms with Gasteiger partial charge in [-0.15, -0.1) is 0 Å². The van der Waals surface area contributed by atoms with E-state index in [4.69, 9.17) is 4.74 Å². The molecule has 1 fully saturated rings. The fraction of sp³-hybridized carbons (Fsp3) is 0.895. The normalized spacial score (nSPS) is 20.6. The van der Waals surface area contributed by atoms with Crippen LogP contribution in [-0.4, -0.2) is 31.1 Å². The van der Waals surface area contributed by atoms with E-state index >= 15 is 0 Å². The first-order valence-corrected chi connectivity index (χ1v) is 9.42. The van der Waals surface area contributed by atoms with E-state index < -0.39 is 0 Å². The molecule has 0 radical (unpaired) electrons. The summed E-state index contributed by atoms with van der Waals surface area (Å²) in [5, 5.41) is 0. The van der Waals surface area contributed by atoms with Crippen molar-refractivity contribution in [3.05, 3.63) is 0 Å². The zero-order valence-electron chi connectivity index (χ0n) is 15.0. The van der Waals surface area contributed by atoms with Gasteiger partial charge in [-0.05, 0) is 32.1 Å². The van der Waals surface area contributed by atoms with Crippen molar-refractivity contribution < 1.29 is 19.1 Å². The van der Waals surface area contributed by atoms with E-state index in [-0.39, 0.29) is 18.2 Å². The van der Waals surface area contributed by atoms with Gasteiger partial charge >= 0.3 is 5.97 Å². The Balaban J connectivity index is 1.98. The van der Waals surface area contributed by atoms with Crippen molar-refractivity contribution >= 4 is 11.8 Å². The van der Waals surface area contributed by atoms with Crippen molar-refractivity contribution in [3.63, 3.8) is 0 Å². The lowest BCUT2D eigenvalue weighted by atomic mass is 10.0. The van der Waals surface area contributed by atoms with Gasteiger partial charge in [0.05, 0.1) is 13.2 Å². The molecule has 4 nitrogen and oxygen atoms in total. The Labute approximate surface area is 141 Å². The van der Waals surface area contributed by atoms with E-state index in [2.05, 4.69) is 11.7 Å². The maximum atomic E-state index is 12.0. The highest BCUT2D eigenvalue weighted by molar-refractivity contribution is 5.83. The molecule has 2 atom stereocenters. The number of unbranched alkanes of at least 4 members (excludes halogenated alkanes) is 6. The fourth-order valence-electron chi connectivity index (χ4n) is 3.14. The molecule has 0 spiro atoms. The van der Waals surface area contributed by atoms with Crippen LogP contribution in [0.5, 0.6) is 0 Å². The molecule has 4 heteroatoms. The third-order valence-corrected chi connectivity index (χ3v) is 4.63. The number of carbonyl (C=O) groups excluding carboxylic acids is 2. The number of Topliss-reactive ketones (excluding diaryl/α,β-unsaturated/α-hetero) is 1. The highest BCUT2D eigenvalue weighted by Gasteiger charge is 2.29. The van der Waals surface area contributed by atoms with Gasteiger partial charge in [0.1, 0.15) is 6.10 Å². The smallest absolute Gasteiger partial charge is 0.305 e. The van der Waals surface area contributed by atoms with Crippen LogP contribution in [0, 0.1) is 0 Å². The van der Waals surface area contributed by atoms with Crippen molar-refractivity contribution in [1.82, 2.24) is 0 Å². The average molecular weight is 326 g/mol. The van der Waals surface area contributed by atoms with Crippen molar-refractivity contribution in [1.29, 1.82) is 0 Å². The molecule has 134 valence electrons. The molecule has 1 heterocycles. The molecule has 0 amide bonds. The van der Waals surface area contributed by atoms with Crippen LogP contribution in [0.2, 0.25) is 0 Å². The third-order valence-electron chi connectivity index (χ3n) is 4.63. The Kier molecular flexibility index (Phi) is 11.0. The maximum absolute atomic E-state index is 12.0. The predicted octanol–water partition coefficient (Wildman–Crippen LogP) is 4.59. The molecule has 0 aliphatic carbocycles. The molecule has 1 saturated heterocycles. The van der Waals surface area contributed by atoms with E-state index in [1.807, 2.05) is 0 Å². The molecule has 0 aromatic rings. The lowest BCUT2D eigenvalue weighted by Crippen LogP contribution is -2.21. The van der Waals surface area contributed by atoms with E-state index in [1.54, 1.807) is 0 Å². The monoisotopic (exact) mass is 326 g/mol. The van der Waals surface area contributed by atoms with Crippen molar-refractivity contribution in [2.75, 3.05) is 7.11 Å². The van der Waals surface area contributed by atoms with Crippen LogP contribution in [0.15, 0.2) is 0 Å². The first-order chi connectivity index (χ1) is 11.2. The summed E-state index contributed by atoms with van der Waals surface area (Å²) in [4.78, 5) is 23.0. The van der Waals surface area contributed by atoms with Gasteiger partial charge in [0.15, 0.2) is 5.78 Å². The Morgan fingerprint density at radius 2 is 1.65 bits per heavy atom. The molecule has 0 N–H and O–H groups in total. The number of ether oxygens (including phenoxy) is 2. The number of hydrogen-bond donors (Lipinski definition) is 0. The second-order valence-electron chi connectivity index (χ2n) is 6.63. The minimum absolute atomic E-state index is 0.112. The Hall–Kier alpha value is -0.900. The molecule has 2 unspecified atom stereocenters. The van der Waals surface area contributed by atoms with Gasteiger partial charge < -0.3 is 9.47 Å². The Morgan fingerprint density at radius 1 is 0.957 bits per heavy atom. The fourth-order valence-corrected chi connectivity index (χ4v) is 3.14. The van der Waals surface area contributed by atoms with Crippen molar-refractivity contribution in [2.45, 2.75) is 103 Å². The SMILES string of the molecule is CCCCCC(=O)C1CCC(CCCCCCCC(=O)OC)O1. The number of carbonyl (C=O) groups is 2. The van der Waals surface area contributed by atoms with E-state index in [0.29, 0.717) is 18.6 Å². The van der Waals surface area contributed by atoms with Crippen molar-refractivity contribution in [3.8, 4) is 0 Å². The molecule has 1 rings (SSSR count). The summed E-state index contributed by atoms with van der Waals surface area (Å²) in [6.07, 6.45) is 13.2. The molecule has 0 bridgehead atoms. The molecule has 0 saturated carbocycles. The zero-order valence-corrected chi connectivity index (χ0v) is 15.0. The summed E-state index contributed by atoms with van der Waals surface area (Å²) in [5.74, 6) is 0.197. The van der Waals surface area contributed by atoms with Gasteiger partial charge in [-0.3, -0.25) is 9.59 Å². The van der Waals surface area contributed by atoms with E-state index in [0.717, 1.165) is 64.2 Å². The van der Waals surface area contributed by atoms with Crippen LogP contribution >= 0.6 is 0 Å². The molecule has 1 aliphatic heterocycles. The Morgan fingerprint density at radius 3 is 2.39 bits per heavy atom. The second kappa shape index (κ2) is 12.5. The summed E-state index contributed by atoms with van der Waals surface area (Å²) >= 11 is 0. The van der Waals surface area contributed by atoms with Crippen LogP contribution in [0.1, 0.15) is 90.4 Å². The van der Waals surface area contributed by atoms with Crippen LogP contribution in [-0.2, 0) is 19.1 Å². The molecular weight excluding hydrogens is 292 g/mol. The van der Waals surface area contributed by atoms with Crippen LogP contribution in [0.3, 0.4) is 0 Å². The average Bonchev–Trinajstić information content (AvgIpc) is 3.02. The largest absolute Gasteiger partial charge is 0.469 e. The van der Waals surface area contributed by atoms with E-state index in [9.17, 15) is 9.59 Å². The van der Waals surface area contributed by atoms with Gasteiger partial charge in [0.25, 0.3) is 0 Å². The highest BCUT2D eigenvalue weighted by atomic mass is 16.5. The van der Waals surface area contributed by atoms with Gasteiger partial charge in [-0.2, -0.15) is 0 Å². The molecule has 0 aromatic carbocycles. The van der Waals surface area contributed by atoms with Gasteiger partial charge in [-0.25, -0.2) is 0 Å². The standard InChI is InChI=1S/C19H34O4/c1-3-4-8-12-17(20)18-15-14-16(23-18)11-9-6-5-7-10-13-19(21)22-2/h16,18H,3-15H2,1-2H3. The molecular formula is C19H34O4. The van der Waals surface area contributed by atoms with Gasteiger partial charge in [-0.1, -0.05) is 45.4 Å². The van der Waals surface area contributed by atoms with Crippen LogP contribution in [0.25, 0.3) is 0 Å². The topological polar surface area (TPSA) is 52.6 Å². The minimum atomic E-state index is -0.128. The van der Waals surface area contributed by atoms with E-state index in [1.165, 1.54) is 13.5 Å². The van der Waals surface area contributed by atoms with Gasteiger partial charge in [0, 0.05) is 12.8 Å². The predicted molar refractivity (Wildman–Crippen MR) is 91.4 cm³/mol. The number of methoxy groups -OCH3 is 1. The number of hydrogen-bond acceptors (Lipinski definition) is 4. The number of ketones is 1. The second-order valence-corrected chi connectivity index (χ2v) is 6.63. The first-order valence-electron chi connectivity index (χ1n) is 9.42. The summed E-state index contributed by atoms with van der Waals surface area (Å²) < 4.78 is 10.5. The quantitative estimate of drug-likeness (QED) is 0.367. The molecule has 1 aliphatic rings. The summed E-state index contributed by atoms with van der Waals surface area (Å²) in [6.45, 7) is 2.15. The summed E-state index contributed by atoms with van der Waals surface area (Å²) in [5.41, 5.74) is 0. The Bertz CT molecular complexity index is 340. The molecule has 0 aromatic heterocycles. The lowest BCUT2D eigenvalue weighted by molar-refractivity contribution is -0.140. The van der Waals surface area contributed by atoms with Crippen LogP contribution < -0.4 is 0 Å². The first kappa shape index (κ1) is 20.1. The highest BCUT2D eigenvalue weighted by Crippen LogP contribution is 2.26. The van der Waals surface area contributed by atoms with Crippen LogP contribution in [0.4, 0.5) is 0 Å². The number of rotatable bonds is 13. The maximum Gasteiger partial charge on any atom is 0.305 e. The summed E-state index contributed by atoms with van der Waals surface area (Å²) in [7, 11) is 1.44. The summed E-state index contributed by atoms with van der Waals surface area (Å²) in [6, 6.07) is 0. The molecule has 23 heavy (non-hydrogen) atoms. The lowest BCUT2D eigenvalue weighted by Gasteiger charge is -2.13. The zero-order chi connectivity index (χ0) is 16.9. The van der Waals surface area contributed by atoms with Crippen molar-refractivity contribution in [2.24, 2.45) is 0 Å². The third kappa shape index (κ3) is 9.09.